The van der Waals surface area contributed by atoms with E-state index >= 15 is 0 Å². The molecule has 1 spiro atoms. The van der Waals surface area contributed by atoms with E-state index in [-0.39, 0.29) is 23.0 Å². The van der Waals surface area contributed by atoms with Crippen LogP contribution in [-0.4, -0.2) is 6.71 Å². The van der Waals surface area contributed by atoms with Crippen molar-refractivity contribution >= 4 is 86.0 Å². The van der Waals surface area contributed by atoms with Crippen LogP contribution in [0.15, 0.2) is 210 Å². The van der Waals surface area contributed by atoms with Crippen molar-refractivity contribution in [1.29, 1.82) is 0 Å². The minimum atomic E-state index is -0.544. The summed E-state index contributed by atoms with van der Waals surface area (Å²) in [6, 6.07) is 77.9. The Kier molecular flexibility index (Phi) is 11.8. The Hall–Kier alpha value is -7.99. The molecule has 14 rings (SSSR count). The van der Waals surface area contributed by atoms with Crippen LogP contribution >= 0.6 is 11.8 Å². The highest BCUT2D eigenvalue weighted by Crippen LogP contribution is 2.63. The van der Waals surface area contributed by atoms with Crippen LogP contribution in [0.2, 0.25) is 0 Å². The lowest BCUT2D eigenvalue weighted by Gasteiger charge is -2.46. The maximum absolute atomic E-state index is 2.64. The molecule has 3 nitrogen and oxygen atoms in total. The van der Waals surface area contributed by atoms with E-state index in [1.165, 1.54) is 133 Å². The Morgan fingerprint density at radius 2 is 0.854 bits per heavy atom. The first-order valence-electron chi connectivity index (χ1n) is 29.5. The summed E-state index contributed by atoms with van der Waals surface area (Å²) in [5.74, 6) is 0. The van der Waals surface area contributed by atoms with Gasteiger partial charge in [-0.3, -0.25) is 0 Å². The molecule has 0 saturated carbocycles. The number of hydrogen-bond acceptors (Lipinski definition) is 4. The van der Waals surface area contributed by atoms with Gasteiger partial charge >= 0.3 is 0 Å². The van der Waals surface area contributed by atoms with Crippen molar-refractivity contribution in [3.8, 4) is 11.1 Å². The first-order valence-corrected chi connectivity index (χ1v) is 30.3. The SMILES string of the molecule is Cc1cccc(C)c1N(c1ccc2c(c1)N(c1ccc(C(C)(C)C)cc1)c1cc(C(C)(C)C)cc3c1B2c1c(ccc2c1-c1ccccc1C21c2ccccc2Sc2ccccc21)N3c1ccc(C(C)(C)C)cc1)c1c(C)cccc1C. The molecule has 1 aliphatic carbocycles. The standard InChI is InChI=1S/C77H72BN3S/c1-47-22-20-23-48(2)72(47)81(73-49(3)24-21-25-50(73)4)56-40-42-62-64(46-56)80(55-38-34-52(35-39-55)75(8,9)10)66-45-53(76(11,12)13)44-65-70(66)78(62)71-63(79(65)54-36-32-51(33-37-54)74(5,6)7)43-41-61-69(71)57-26-14-15-27-58(57)77(61)59-28-16-18-30-67(59)82-68-31-19-17-29-60(68)77/h14-46H,1-13H3. The maximum atomic E-state index is 2.64. The topological polar surface area (TPSA) is 9.72 Å². The molecule has 10 aromatic carbocycles. The summed E-state index contributed by atoms with van der Waals surface area (Å²) in [7, 11) is 0. The minimum absolute atomic E-state index is 0.00451. The number of rotatable bonds is 5. The van der Waals surface area contributed by atoms with Gasteiger partial charge in [-0.1, -0.05) is 208 Å². The van der Waals surface area contributed by atoms with E-state index in [4.69, 9.17) is 0 Å². The van der Waals surface area contributed by atoms with Gasteiger partial charge in [-0.25, -0.2) is 0 Å². The molecule has 404 valence electrons. The van der Waals surface area contributed by atoms with Crippen LogP contribution < -0.4 is 31.1 Å². The van der Waals surface area contributed by atoms with E-state index in [0.717, 1.165) is 17.1 Å². The lowest BCUT2D eigenvalue weighted by molar-refractivity contribution is 0.590. The molecule has 0 saturated heterocycles. The molecule has 3 aliphatic heterocycles. The van der Waals surface area contributed by atoms with Crippen molar-refractivity contribution in [3.63, 3.8) is 0 Å². The van der Waals surface area contributed by atoms with Crippen LogP contribution in [0.5, 0.6) is 0 Å². The predicted molar refractivity (Wildman–Crippen MR) is 352 cm³/mol. The Morgan fingerprint density at radius 3 is 1.35 bits per heavy atom. The summed E-state index contributed by atoms with van der Waals surface area (Å²) in [6.07, 6.45) is 0. The number of nitrogens with zero attached hydrogens (tertiary/aromatic N) is 3. The second-order valence-electron chi connectivity index (χ2n) is 26.7. The number of hydrogen-bond donors (Lipinski definition) is 0. The molecule has 0 radical (unpaired) electrons. The van der Waals surface area contributed by atoms with Gasteiger partial charge in [-0.15, -0.1) is 0 Å². The Morgan fingerprint density at radius 1 is 0.390 bits per heavy atom. The molecular formula is C77H72BN3S. The summed E-state index contributed by atoms with van der Waals surface area (Å²) < 4.78 is 0. The van der Waals surface area contributed by atoms with E-state index < -0.39 is 5.41 Å². The smallest absolute Gasteiger partial charge is 0.252 e. The van der Waals surface area contributed by atoms with Gasteiger partial charge in [0.2, 0.25) is 0 Å². The lowest BCUT2D eigenvalue weighted by atomic mass is 9.32. The van der Waals surface area contributed by atoms with Gasteiger partial charge in [0.05, 0.1) is 16.8 Å². The minimum Gasteiger partial charge on any atom is -0.311 e. The highest BCUT2D eigenvalue weighted by molar-refractivity contribution is 7.99. The number of aryl methyl sites for hydroxylation is 4. The van der Waals surface area contributed by atoms with E-state index in [2.05, 4.69) is 305 Å². The van der Waals surface area contributed by atoms with E-state index in [1.807, 2.05) is 11.8 Å². The highest BCUT2D eigenvalue weighted by atomic mass is 32.2. The summed E-state index contributed by atoms with van der Waals surface area (Å²) in [4.78, 5) is 10.5. The van der Waals surface area contributed by atoms with E-state index in [1.54, 1.807) is 0 Å². The van der Waals surface area contributed by atoms with E-state index in [0.29, 0.717) is 0 Å². The number of anilines is 9. The molecule has 5 heteroatoms. The summed E-state index contributed by atoms with van der Waals surface area (Å²) in [5, 5.41) is 0. The number of fused-ring (bicyclic) bond motifs is 14. The van der Waals surface area contributed by atoms with Crippen molar-refractivity contribution in [2.24, 2.45) is 0 Å². The average Bonchev–Trinajstić information content (AvgIpc) is 1.55. The van der Waals surface area contributed by atoms with Crippen molar-refractivity contribution in [2.75, 3.05) is 14.7 Å². The maximum Gasteiger partial charge on any atom is 0.252 e. The van der Waals surface area contributed by atoms with Crippen molar-refractivity contribution < 1.29 is 0 Å². The van der Waals surface area contributed by atoms with Crippen molar-refractivity contribution in [2.45, 2.75) is 121 Å². The third-order valence-electron chi connectivity index (χ3n) is 18.5. The van der Waals surface area contributed by atoms with Gasteiger partial charge in [0.1, 0.15) is 0 Å². The first kappa shape index (κ1) is 52.1. The second kappa shape index (κ2) is 18.5. The van der Waals surface area contributed by atoms with Crippen LogP contribution in [0.3, 0.4) is 0 Å². The lowest BCUT2D eigenvalue weighted by Crippen LogP contribution is -2.62. The molecule has 0 atom stereocenters. The van der Waals surface area contributed by atoms with Crippen LogP contribution in [-0.2, 0) is 21.7 Å². The molecular weight excluding hydrogens is 1010 g/mol. The summed E-state index contributed by atoms with van der Waals surface area (Å²) in [5.41, 5.74) is 30.9. The van der Waals surface area contributed by atoms with Gasteiger partial charge in [0.15, 0.2) is 0 Å². The fourth-order valence-corrected chi connectivity index (χ4v) is 15.6. The molecule has 10 aromatic rings. The van der Waals surface area contributed by atoms with Gasteiger partial charge in [0.25, 0.3) is 6.71 Å². The summed E-state index contributed by atoms with van der Waals surface area (Å²) >= 11 is 1.91. The van der Waals surface area contributed by atoms with Crippen molar-refractivity contribution in [3.05, 3.63) is 261 Å². The van der Waals surface area contributed by atoms with Crippen LogP contribution in [0, 0.1) is 27.7 Å². The largest absolute Gasteiger partial charge is 0.311 e. The number of para-hydroxylation sites is 2. The fourth-order valence-electron chi connectivity index (χ4n) is 14.5. The second-order valence-corrected chi connectivity index (χ2v) is 27.8. The third-order valence-corrected chi connectivity index (χ3v) is 19.6. The van der Waals surface area contributed by atoms with Crippen LogP contribution in [0.4, 0.5) is 51.2 Å². The fraction of sp³-hybridized carbons (Fsp3) is 0.221. The van der Waals surface area contributed by atoms with Gasteiger partial charge < -0.3 is 14.7 Å². The normalized spacial score (nSPS) is 14.4. The van der Waals surface area contributed by atoms with Gasteiger partial charge in [0, 0.05) is 49.6 Å². The molecule has 0 fully saturated rings. The number of benzene rings is 10. The average molecular weight is 1080 g/mol. The summed E-state index contributed by atoms with van der Waals surface area (Å²) in [6.45, 7) is 30.0. The third kappa shape index (κ3) is 7.71. The molecule has 82 heavy (non-hydrogen) atoms. The molecule has 0 bridgehead atoms. The van der Waals surface area contributed by atoms with Gasteiger partial charge in [-0.2, -0.15) is 0 Å². The highest BCUT2D eigenvalue weighted by Gasteiger charge is 2.54. The Labute approximate surface area is 491 Å². The Bertz CT molecular complexity index is 4120. The van der Waals surface area contributed by atoms with Crippen LogP contribution in [0.25, 0.3) is 11.1 Å². The molecule has 0 amide bonds. The first-order chi connectivity index (χ1) is 39.2. The zero-order chi connectivity index (χ0) is 56.9. The quantitative estimate of drug-likeness (QED) is 0.159. The zero-order valence-corrected chi connectivity index (χ0v) is 50.7. The monoisotopic (exact) mass is 1080 g/mol. The van der Waals surface area contributed by atoms with Crippen molar-refractivity contribution in [1.82, 2.24) is 0 Å². The molecule has 3 heterocycles. The van der Waals surface area contributed by atoms with Gasteiger partial charge in [-0.05, 0) is 199 Å². The Balaban J connectivity index is 1.14. The predicted octanol–water partition coefficient (Wildman–Crippen LogP) is 19.2. The molecule has 0 aromatic heterocycles. The molecule has 0 unspecified atom stereocenters. The van der Waals surface area contributed by atoms with Crippen LogP contribution in [0.1, 0.15) is 124 Å². The molecule has 4 aliphatic rings. The zero-order valence-electron chi connectivity index (χ0n) is 49.9. The van der Waals surface area contributed by atoms with E-state index in [9.17, 15) is 0 Å². The molecule has 0 N–H and O–H groups in total.